The zero-order valence-electron chi connectivity index (χ0n) is 32.0. The van der Waals surface area contributed by atoms with Gasteiger partial charge in [-0.25, -0.2) is 37.8 Å². The van der Waals surface area contributed by atoms with Gasteiger partial charge in [-0.3, -0.25) is 14.4 Å². The molecule has 2 amide bonds. The molecule has 4 heterocycles. The van der Waals surface area contributed by atoms with Crippen molar-refractivity contribution in [1.82, 2.24) is 23.5 Å². The number of methoxy groups -OCH3 is 2. The van der Waals surface area contributed by atoms with Crippen LogP contribution in [0.3, 0.4) is 0 Å². The zero-order chi connectivity index (χ0) is 41.5. The van der Waals surface area contributed by atoms with E-state index >= 15 is 9.18 Å². The van der Waals surface area contributed by atoms with Gasteiger partial charge >= 0.3 is 11.4 Å². The Morgan fingerprint density at radius 3 is 2.37 bits per heavy atom. The summed E-state index contributed by atoms with van der Waals surface area (Å²) in [6.07, 6.45) is 1.62. The number of benzene rings is 4. The predicted molar refractivity (Wildman–Crippen MR) is 215 cm³/mol. The van der Waals surface area contributed by atoms with Gasteiger partial charge < -0.3 is 19.1 Å². The largest absolute Gasteiger partial charge is 0.505 e. The quantitative estimate of drug-likeness (QED) is 0.171. The van der Waals surface area contributed by atoms with Crippen LogP contribution in [0, 0.1) is 11.7 Å². The van der Waals surface area contributed by atoms with Crippen molar-refractivity contribution < 1.29 is 28.6 Å². The first-order chi connectivity index (χ1) is 28.4. The second-order valence-electron chi connectivity index (χ2n) is 14.9. The third kappa shape index (κ3) is 5.51. The second-order valence-corrected chi connectivity index (χ2v) is 15.3. The van der Waals surface area contributed by atoms with Crippen molar-refractivity contribution in [3.8, 4) is 17.2 Å². The van der Waals surface area contributed by atoms with E-state index < -0.39 is 63.6 Å². The molecule has 59 heavy (non-hydrogen) atoms. The molecule has 9 rings (SSSR count). The number of aromatic hydroxyl groups is 1. The molecule has 16 heteroatoms. The van der Waals surface area contributed by atoms with E-state index in [1.54, 1.807) is 73.8 Å². The highest BCUT2D eigenvalue weighted by atomic mass is 35.5. The number of allylic oxidation sites excluding steroid dienone is 2. The van der Waals surface area contributed by atoms with Gasteiger partial charge in [0.2, 0.25) is 11.8 Å². The first kappa shape index (κ1) is 37.8. The molecule has 2 fully saturated rings. The molecule has 1 saturated carbocycles. The van der Waals surface area contributed by atoms with Gasteiger partial charge in [0, 0.05) is 43.1 Å². The number of halogens is 2. The lowest BCUT2D eigenvalue weighted by Crippen LogP contribution is -2.53. The fourth-order valence-corrected chi connectivity index (χ4v) is 9.60. The normalized spacial score (nSPS) is 20.9. The molecule has 0 spiro atoms. The van der Waals surface area contributed by atoms with Crippen molar-refractivity contribution in [2.75, 3.05) is 19.1 Å². The minimum Gasteiger partial charge on any atom is -0.505 e. The monoisotopic (exact) mass is 818 g/mol. The molecule has 0 bridgehead atoms. The number of hydrogen-bond donors (Lipinski definition) is 1. The number of anilines is 1. The van der Waals surface area contributed by atoms with Gasteiger partial charge in [-0.05, 0) is 53.5 Å². The standard InChI is InChI=1S/C43H36ClFN6O8/c1-47-33-22-36(59-3)35(58-2)21-31(33)46-30(39(47)54)15-16-48-41(56)49-17-14-27-32(51(49)42(48)57)20-28-38(53)50(26-11-7-10-25(44)19-26)40(55)43(28,24-8-5-4-6-9-24)37(27)23-12-13-34(52)29(45)18-23/h4-14,18-19,21-22,28,32,37,52H,15-17,20H2,1-3H3/t28-,32+,37-,43+/m0/s1. The van der Waals surface area contributed by atoms with E-state index in [2.05, 4.69) is 4.98 Å². The first-order valence-electron chi connectivity index (χ1n) is 18.8. The summed E-state index contributed by atoms with van der Waals surface area (Å²) < 4.78 is 31.2. The highest BCUT2D eigenvalue weighted by Gasteiger charge is 2.68. The average Bonchev–Trinajstić information content (AvgIpc) is 3.62. The van der Waals surface area contributed by atoms with Crippen LogP contribution in [-0.2, 0) is 41.6 Å². The molecule has 2 aromatic heterocycles. The Bertz CT molecular complexity index is 2970. The highest BCUT2D eigenvalue weighted by molar-refractivity contribution is 6.32. The number of phenolic OH excluding ortho intramolecular Hbond substituents is 1. The minimum atomic E-state index is -1.64. The highest BCUT2D eigenvalue weighted by Crippen LogP contribution is 2.62. The van der Waals surface area contributed by atoms with E-state index in [0.717, 1.165) is 15.5 Å². The van der Waals surface area contributed by atoms with E-state index in [1.165, 1.54) is 46.3 Å². The Morgan fingerprint density at radius 1 is 0.915 bits per heavy atom. The summed E-state index contributed by atoms with van der Waals surface area (Å²) in [6.45, 7) is -0.283. The van der Waals surface area contributed by atoms with E-state index in [9.17, 15) is 24.3 Å². The van der Waals surface area contributed by atoms with Crippen LogP contribution >= 0.6 is 11.6 Å². The summed E-state index contributed by atoms with van der Waals surface area (Å²) in [5, 5.41) is 10.6. The van der Waals surface area contributed by atoms with Crippen LogP contribution < -0.4 is 31.3 Å². The molecule has 1 saturated heterocycles. The van der Waals surface area contributed by atoms with E-state index in [-0.39, 0.29) is 42.9 Å². The minimum absolute atomic E-state index is 0.0686. The number of hydrogen-bond acceptors (Lipinski definition) is 9. The van der Waals surface area contributed by atoms with Gasteiger partial charge in [0.25, 0.3) is 5.56 Å². The van der Waals surface area contributed by atoms with Crippen LogP contribution in [0.1, 0.15) is 35.2 Å². The van der Waals surface area contributed by atoms with Crippen molar-refractivity contribution in [2.45, 2.75) is 43.3 Å². The average molecular weight is 819 g/mol. The number of amides is 2. The van der Waals surface area contributed by atoms with Crippen LogP contribution in [0.5, 0.6) is 17.2 Å². The Labute approximate surface area is 339 Å². The number of phenols is 1. The molecular weight excluding hydrogens is 783 g/mol. The van der Waals surface area contributed by atoms with Gasteiger partial charge in [0.15, 0.2) is 23.1 Å². The Balaban J connectivity index is 1.18. The SMILES string of the molecule is COc1cc2nc(CCn3c(=O)n4n(c3=O)[C@@H]3C[C@H]5C(=O)N(c6cccc(Cl)c6)C(=O)[C@@]5(c5ccccc5)[C@@H](c5ccc(O)c(F)c5)C3=CC4)c(=O)n(C)c2cc1OC. The predicted octanol–water partition coefficient (Wildman–Crippen LogP) is 4.61. The van der Waals surface area contributed by atoms with Crippen LogP contribution in [0.25, 0.3) is 11.0 Å². The number of aromatic nitrogens is 5. The molecule has 4 atom stereocenters. The van der Waals surface area contributed by atoms with Crippen molar-refractivity contribution in [1.29, 1.82) is 0 Å². The van der Waals surface area contributed by atoms with Crippen molar-refractivity contribution in [3.63, 3.8) is 0 Å². The lowest BCUT2D eigenvalue weighted by molar-refractivity contribution is -0.124. The number of rotatable bonds is 8. The summed E-state index contributed by atoms with van der Waals surface area (Å²) in [4.78, 5) is 78.0. The molecule has 4 aromatic carbocycles. The number of fused-ring (bicyclic) bond motifs is 5. The summed E-state index contributed by atoms with van der Waals surface area (Å²) in [7, 11) is 4.55. The fourth-order valence-electron chi connectivity index (χ4n) is 9.41. The first-order valence-corrected chi connectivity index (χ1v) is 19.2. The van der Waals surface area contributed by atoms with Crippen LogP contribution in [0.15, 0.2) is 111 Å². The van der Waals surface area contributed by atoms with E-state index in [0.29, 0.717) is 38.7 Å². The molecular formula is C43H36ClFN6O8. The van der Waals surface area contributed by atoms with E-state index in [1.807, 2.05) is 0 Å². The molecule has 3 aliphatic rings. The maximum atomic E-state index is 15.4. The second kappa shape index (κ2) is 14.0. The third-order valence-corrected chi connectivity index (χ3v) is 12.3. The number of imide groups is 1. The van der Waals surface area contributed by atoms with Gasteiger partial charge in [0.1, 0.15) is 5.69 Å². The number of ether oxygens (including phenoxy) is 2. The van der Waals surface area contributed by atoms with Crippen molar-refractivity contribution in [2.24, 2.45) is 13.0 Å². The summed E-state index contributed by atoms with van der Waals surface area (Å²) in [5.74, 6) is -3.98. The maximum absolute atomic E-state index is 15.4. The molecule has 1 N–H and O–H groups in total. The zero-order valence-corrected chi connectivity index (χ0v) is 32.7. The van der Waals surface area contributed by atoms with Gasteiger partial charge in [-0.1, -0.05) is 60.1 Å². The molecule has 14 nitrogen and oxygen atoms in total. The summed E-state index contributed by atoms with van der Waals surface area (Å²) in [6, 6.07) is 21.4. The number of carbonyl (C=O) groups is 2. The number of carbonyl (C=O) groups excluding carboxylic acids is 2. The lowest BCUT2D eigenvalue weighted by Gasteiger charge is -2.49. The van der Waals surface area contributed by atoms with Crippen LogP contribution in [0.2, 0.25) is 5.02 Å². The van der Waals surface area contributed by atoms with Crippen molar-refractivity contribution >= 4 is 40.1 Å². The van der Waals surface area contributed by atoms with Gasteiger partial charge in [-0.2, -0.15) is 0 Å². The molecule has 2 aliphatic heterocycles. The molecule has 6 aromatic rings. The number of aryl methyl sites for hydroxylation is 2. The summed E-state index contributed by atoms with van der Waals surface area (Å²) in [5.41, 5.74) is -0.796. The molecule has 1 aliphatic carbocycles. The smallest absolute Gasteiger partial charge is 0.347 e. The Hall–Kier alpha value is -6.74. The third-order valence-electron chi connectivity index (χ3n) is 12.0. The van der Waals surface area contributed by atoms with Crippen LogP contribution in [-0.4, -0.2) is 54.6 Å². The molecule has 0 unspecified atom stereocenters. The Kier molecular flexibility index (Phi) is 8.96. The van der Waals surface area contributed by atoms with Gasteiger partial charge in [-0.15, -0.1) is 0 Å². The van der Waals surface area contributed by atoms with Crippen molar-refractivity contribution in [3.05, 3.63) is 156 Å². The Morgan fingerprint density at radius 2 is 1.66 bits per heavy atom. The topological polar surface area (TPSA) is 160 Å². The molecule has 0 radical (unpaired) electrons. The van der Waals surface area contributed by atoms with Gasteiger partial charge in [0.05, 0.1) is 54.9 Å². The molecule has 300 valence electrons. The lowest BCUT2D eigenvalue weighted by atomic mass is 9.53. The number of nitrogens with zero attached hydrogens (tertiary/aromatic N) is 6. The van der Waals surface area contributed by atoms with E-state index in [4.69, 9.17) is 21.1 Å². The van der Waals surface area contributed by atoms with Crippen LogP contribution in [0.4, 0.5) is 10.1 Å². The maximum Gasteiger partial charge on any atom is 0.347 e. The fraction of sp³-hybridized carbons (Fsp3) is 0.256. The summed E-state index contributed by atoms with van der Waals surface area (Å²) >= 11 is 6.37.